The van der Waals surface area contributed by atoms with Gasteiger partial charge in [0.25, 0.3) is 0 Å². The van der Waals surface area contributed by atoms with Crippen molar-refractivity contribution in [2.45, 2.75) is 152 Å². The summed E-state index contributed by atoms with van der Waals surface area (Å²) in [6.07, 6.45) is 13.7. The maximum Gasteiger partial charge on any atom is 0.344 e. The van der Waals surface area contributed by atoms with Gasteiger partial charge in [0.05, 0.1) is 5.41 Å². The molecule has 5 atom stereocenters. The minimum absolute atomic E-state index is 0.193. The summed E-state index contributed by atoms with van der Waals surface area (Å²) in [5, 5.41) is 0. The molecule has 220 valence electrons. The Bertz CT molecular complexity index is 818. The van der Waals surface area contributed by atoms with Crippen LogP contribution >= 0.6 is 0 Å². The van der Waals surface area contributed by atoms with Crippen LogP contribution in [0.5, 0.6) is 0 Å². The minimum Gasteiger partial charge on any atom is -0.456 e. The third-order valence-electron chi connectivity index (χ3n) is 12.0. The highest BCUT2D eigenvalue weighted by Crippen LogP contribution is 2.62. The average molecular weight is 533 g/mol. The van der Waals surface area contributed by atoms with Crippen molar-refractivity contribution < 1.29 is 19.1 Å². The highest BCUT2D eigenvalue weighted by atomic mass is 16.6. The summed E-state index contributed by atoms with van der Waals surface area (Å²) in [5.41, 5.74) is -0.845. The summed E-state index contributed by atoms with van der Waals surface area (Å²) in [7, 11) is 0. The van der Waals surface area contributed by atoms with Gasteiger partial charge in [-0.3, -0.25) is 4.79 Å². The highest BCUT2D eigenvalue weighted by Gasteiger charge is 2.63. The SMILES string of the molecule is CCC(OC(=O)COC(=O)C1(C(C)(C)C)C(C)CC1C)(C1CCCCC1)C1CCCCC(C)(C(C)(C)C)C1. The van der Waals surface area contributed by atoms with E-state index in [4.69, 9.17) is 9.47 Å². The smallest absolute Gasteiger partial charge is 0.344 e. The van der Waals surface area contributed by atoms with Crippen molar-refractivity contribution in [3.05, 3.63) is 0 Å². The summed E-state index contributed by atoms with van der Waals surface area (Å²) in [6.45, 7) is 22.2. The molecule has 3 aliphatic rings. The molecule has 0 spiro atoms. The number of carbonyl (C=O) groups is 2. The van der Waals surface area contributed by atoms with Crippen LogP contribution in [-0.4, -0.2) is 24.1 Å². The van der Waals surface area contributed by atoms with Crippen molar-refractivity contribution in [1.82, 2.24) is 0 Å². The lowest BCUT2D eigenvalue weighted by molar-refractivity contribution is -0.205. The first kappa shape index (κ1) is 31.5. The highest BCUT2D eigenvalue weighted by molar-refractivity contribution is 5.82. The molecule has 4 nitrogen and oxygen atoms in total. The van der Waals surface area contributed by atoms with Gasteiger partial charge >= 0.3 is 11.9 Å². The van der Waals surface area contributed by atoms with Crippen LogP contribution in [0.3, 0.4) is 0 Å². The molecule has 0 aromatic heterocycles. The van der Waals surface area contributed by atoms with Crippen LogP contribution in [0.2, 0.25) is 0 Å². The number of carbonyl (C=O) groups excluding carboxylic acids is 2. The fraction of sp³-hybridized carbons (Fsp3) is 0.941. The van der Waals surface area contributed by atoms with Crippen LogP contribution in [0.4, 0.5) is 0 Å². The lowest BCUT2D eigenvalue weighted by atomic mass is 9.44. The monoisotopic (exact) mass is 532 g/mol. The summed E-state index contributed by atoms with van der Waals surface area (Å²) in [6, 6.07) is 0. The van der Waals surface area contributed by atoms with Crippen molar-refractivity contribution in [3.8, 4) is 0 Å². The van der Waals surface area contributed by atoms with E-state index in [-0.39, 0.29) is 46.6 Å². The molecule has 0 N–H and O–H groups in total. The van der Waals surface area contributed by atoms with E-state index in [0.717, 1.165) is 38.5 Å². The average Bonchev–Trinajstić information content (AvgIpc) is 3.03. The maximum atomic E-state index is 13.6. The largest absolute Gasteiger partial charge is 0.456 e. The normalized spacial score (nSPS) is 34.9. The number of rotatable bonds is 7. The lowest BCUT2D eigenvalue weighted by Gasteiger charge is -2.58. The molecule has 0 aromatic carbocycles. The molecule has 0 heterocycles. The van der Waals surface area contributed by atoms with Crippen molar-refractivity contribution in [3.63, 3.8) is 0 Å². The van der Waals surface area contributed by atoms with E-state index < -0.39 is 11.0 Å². The minimum atomic E-state index is -0.547. The molecule has 3 saturated carbocycles. The van der Waals surface area contributed by atoms with E-state index in [0.29, 0.717) is 11.8 Å². The molecule has 0 amide bonds. The number of esters is 2. The molecule has 0 saturated heterocycles. The third kappa shape index (κ3) is 5.58. The first-order chi connectivity index (χ1) is 17.5. The van der Waals surface area contributed by atoms with E-state index in [1.54, 1.807) is 0 Å². The predicted molar refractivity (Wildman–Crippen MR) is 156 cm³/mol. The van der Waals surface area contributed by atoms with Gasteiger partial charge in [-0.25, -0.2) is 4.79 Å². The molecule has 3 aliphatic carbocycles. The zero-order valence-electron chi connectivity index (χ0n) is 26.6. The van der Waals surface area contributed by atoms with E-state index in [9.17, 15) is 9.59 Å². The Morgan fingerprint density at radius 1 is 0.816 bits per heavy atom. The Hall–Kier alpha value is -1.06. The van der Waals surface area contributed by atoms with Gasteiger partial charge in [0.1, 0.15) is 5.60 Å². The van der Waals surface area contributed by atoms with Crippen LogP contribution < -0.4 is 0 Å². The molecular weight excluding hydrogens is 472 g/mol. The molecule has 4 heteroatoms. The first-order valence-electron chi connectivity index (χ1n) is 15.9. The maximum absolute atomic E-state index is 13.6. The van der Waals surface area contributed by atoms with Gasteiger partial charge in [-0.05, 0) is 84.9 Å². The van der Waals surface area contributed by atoms with Crippen LogP contribution in [-0.2, 0) is 19.1 Å². The fourth-order valence-electron chi connectivity index (χ4n) is 9.39. The van der Waals surface area contributed by atoms with Crippen molar-refractivity contribution >= 4 is 11.9 Å². The Balaban J connectivity index is 1.84. The Morgan fingerprint density at radius 3 is 1.87 bits per heavy atom. The van der Waals surface area contributed by atoms with Crippen molar-refractivity contribution in [2.75, 3.05) is 6.61 Å². The van der Waals surface area contributed by atoms with Crippen molar-refractivity contribution in [1.29, 1.82) is 0 Å². The van der Waals surface area contributed by atoms with E-state index in [1.165, 1.54) is 38.5 Å². The second-order valence-corrected chi connectivity index (χ2v) is 15.8. The van der Waals surface area contributed by atoms with Crippen molar-refractivity contribution in [2.24, 2.45) is 45.3 Å². The molecule has 3 fully saturated rings. The van der Waals surface area contributed by atoms with Gasteiger partial charge in [-0.2, -0.15) is 0 Å². The van der Waals surface area contributed by atoms with Crippen LogP contribution in [0, 0.1) is 45.3 Å². The molecule has 0 radical (unpaired) electrons. The standard InChI is InChI=1S/C34H60O4/c1-11-33(26-17-13-12-14-18-26,27-19-15-16-20-32(10,22-27)30(4,5)6)38-28(35)23-37-29(36)34(31(7,8)9)24(2)21-25(34)3/h24-27H,11-23H2,1-10H3. The summed E-state index contributed by atoms with van der Waals surface area (Å²) in [5.74, 6) is 0.660. The van der Waals surface area contributed by atoms with Gasteiger partial charge < -0.3 is 9.47 Å². The predicted octanol–water partition coefficient (Wildman–Crippen LogP) is 9.14. The topological polar surface area (TPSA) is 52.6 Å². The van der Waals surface area contributed by atoms with Crippen LogP contribution in [0.15, 0.2) is 0 Å². The van der Waals surface area contributed by atoms with Gasteiger partial charge in [0.15, 0.2) is 6.61 Å². The van der Waals surface area contributed by atoms with Gasteiger partial charge in [0.2, 0.25) is 0 Å². The number of ether oxygens (including phenoxy) is 2. The Labute approximate surface area is 234 Å². The molecule has 5 unspecified atom stereocenters. The summed E-state index contributed by atoms with van der Waals surface area (Å²) < 4.78 is 12.5. The fourth-order valence-corrected chi connectivity index (χ4v) is 9.39. The van der Waals surface area contributed by atoms with Gasteiger partial charge in [-0.15, -0.1) is 0 Å². The second kappa shape index (κ2) is 11.4. The quantitative estimate of drug-likeness (QED) is 0.242. The molecule has 3 rings (SSSR count). The van der Waals surface area contributed by atoms with E-state index in [1.807, 2.05) is 0 Å². The van der Waals surface area contributed by atoms with Gasteiger partial charge in [-0.1, -0.05) is 101 Å². The van der Waals surface area contributed by atoms with Crippen LogP contribution in [0.25, 0.3) is 0 Å². The van der Waals surface area contributed by atoms with Gasteiger partial charge in [0, 0.05) is 0 Å². The Kier molecular flexibility index (Phi) is 9.47. The molecule has 38 heavy (non-hydrogen) atoms. The first-order valence-corrected chi connectivity index (χ1v) is 15.9. The van der Waals surface area contributed by atoms with E-state index in [2.05, 4.69) is 69.2 Å². The molecule has 0 bridgehead atoms. The van der Waals surface area contributed by atoms with Crippen LogP contribution in [0.1, 0.15) is 146 Å². The molecular formula is C34H60O4. The summed E-state index contributed by atoms with van der Waals surface area (Å²) in [4.78, 5) is 27.2. The molecule has 0 aliphatic heterocycles. The zero-order chi connectivity index (χ0) is 28.6. The Morgan fingerprint density at radius 2 is 1.37 bits per heavy atom. The lowest BCUT2D eigenvalue weighted by Crippen LogP contribution is -2.60. The summed E-state index contributed by atoms with van der Waals surface area (Å²) >= 11 is 0. The third-order valence-corrected chi connectivity index (χ3v) is 12.0. The number of hydrogen-bond donors (Lipinski definition) is 0. The number of hydrogen-bond acceptors (Lipinski definition) is 4. The zero-order valence-corrected chi connectivity index (χ0v) is 26.6. The second-order valence-electron chi connectivity index (χ2n) is 15.8. The molecule has 0 aromatic rings. The van der Waals surface area contributed by atoms with E-state index >= 15 is 0 Å².